The lowest BCUT2D eigenvalue weighted by molar-refractivity contribution is 0.140. The Kier molecular flexibility index (Phi) is 10.8. The number of nitrogens with zero attached hydrogens (tertiary/aromatic N) is 2. The summed E-state index contributed by atoms with van der Waals surface area (Å²) in [6.07, 6.45) is 19.1. The summed E-state index contributed by atoms with van der Waals surface area (Å²) < 4.78 is 0. The first-order chi connectivity index (χ1) is 15.8. The zero-order chi connectivity index (χ0) is 26.1. The van der Waals surface area contributed by atoms with Crippen LogP contribution in [0, 0.1) is 5.92 Å². The molecule has 3 heteroatoms. The smallest absolute Gasteiger partial charge is 0.0828 e. The number of nitrogens with one attached hydrogen (secondary N) is 1. The Morgan fingerprint density at radius 3 is 2.41 bits per heavy atom. The number of hydrogen-bond donors (Lipinski definition) is 1. The number of hydrogen-bond acceptors (Lipinski definition) is 3. The first-order valence-corrected chi connectivity index (χ1v) is 12.3. The Morgan fingerprint density at radius 2 is 1.91 bits per heavy atom. The molecule has 0 aromatic rings. The molecule has 34 heavy (non-hydrogen) atoms. The number of likely N-dealkylation sites (N-methyl/N-ethyl adjacent to an activating group) is 1. The van der Waals surface area contributed by atoms with Gasteiger partial charge in [-0.05, 0) is 102 Å². The molecule has 1 rings (SSSR count). The van der Waals surface area contributed by atoms with Crippen LogP contribution < -0.4 is 5.32 Å². The predicted octanol–water partition coefficient (Wildman–Crippen LogP) is 8.06. The zero-order valence-corrected chi connectivity index (χ0v) is 23.1. The first kappa shape index (κ1) is 29.2. The van der Waals surface area contributed by atoms with E-state index in [1.807, 2.05) is 13.0 Å². The molecule has 1 unspecified atom stereocenters. The Bertz CT molecular complexity index is 947. The molecule has 1 N–H and O–H groups in total. The van der Waals surface area contributed by atoms with Crippen molar-refractivity contribution in [1.82, 2.24) is 10.2 Å². The minimum absolute atomic E-state index is 0.416. The van der Waals surface area contributed by atoms with Gasteiger partial charge in [-0.25, -0.2) is 0 Å². The molecule has 0 fully saturated rings. The van der Waals surface area contributed by atoms with Crippen molar-refractivity contribution in [3.05, 3.63) is 95.6 Å². The fourth-order valence-electron chi connectivity index (χ4n) is 4.41. The Labute approximate surface area is 209 Å². The molecule has 0 saturated heterocycles. The van der Waals surface area contributed by atoms with E-state index in [0.29, 0.717) is 5.92 Å². The maximum atomic E-state index is 4.60. The van der Waals surface area contributed by atoms with Gasteiger partial charge in [0.1, 0.15) is 0 Å². The van der Waals surface area contributed by atoms with Crippen molar-refractivity contribution in [1.29, 1.82) is 0 Å². The van der Waals surface area contributed by atoms with Crippen LogP contribution in [0.1, 0.15) is 68.2 Å². The molecule has 0 radical (unpaired) electrons. The van der Waals surface area contributed by atoms with Gasteiger partial charge in [-0.3, -0.25) is 4.99 Å². The Hall–Kier alpha value is -2.81. The molecule has 186 valence electrons. The second-order valence-electron chi connectivity index (χ2n) is 10.1. The number of aliphatic imine (C=N–C) groups is 1. The van der Waals surface area contributed by atoms with Gasteiger partial charge in [0, 0.05) is 24.1 Å². The molecule has 0 aliphatic heterocycles. The zero-order valence-electron chi connectivity index (χ0n) is 23.1. The normalized spacial score (nSPS) is 17.8. The van der Waals surface area contributed by atoms with Gasteiger partial charge in [-0.1, -0.05) is 57.4 Å². The summed E-state index contributed by atoms with van der Waals surface area (Å²) in [4.78, 5) is 6.97. The summed E-state index contributed by atoms with van der Waals surface area (Å²) >= 11 is 0. The third-order valence-corrected chi connectivity index (χ3v) is 6.98. The van der Waals surface area contributed by atoms with E-state index in [0.717, 1.165) is 29.8 Å². The lowest BCUT2D eigenvalue weighted by Gasteiger charge is -2.51. The van der Waals surface area contributed by atoms with Crippen molar-refractivity contribution < 1.29 is 0 Å². The fourth-order valence-corrected chi connectivity index (χ4v) is 4.41. The van der Waals surface area contributed by atoms with Gasteiger partial charge >= 0.3 is 0 Å². The predicted molar refractivity (Wildman–Crippen MR) is 153 cm³/mol. The Morgan fingerprint density at radius 1 is 1.26 bits per heavy atom. The van der Waals surface area contributed by atoms with Crippen molar-refractivity contribution in [3.63, 3.8) is 0 Å². The van der Waals surface area contributed by atoms with E-state index in [2.05, 4.69) is 133 Å². The second kappa shape index (κ2) is 12.6. The molecule has 0 aromatic carbocycles. The van der Waals surface area contributed by atoms with E-state index in [4.69, 9.17) is 0 Å². The molecule has 0 saturated carbocycles. The summed E-state index contributed by atoms with van der Waals surface area (Å²) in [6, 6.07) is 0. The lowest BCUT2D eigenvalue weighted by atomic mass is 9.73. The third kappa shape index (κ3) is 6.85. The molecule has 0 heterocycles. The van der Waals surface area contributed by atoms with Gasteiger partial charge in [0.25, 0.3) is 0 Å². The van der Waals surface area contributed by atoms with E-state index in [1.165, 1.54) is 16.8 Å². The van der Waals surface area contributed by atoms with E-state index in [-0.39, 0.29) is 0 Å². The van der Waals surface area contributed by atoms with Crippen molar-refractivity contribution >= 4 is 6.72 Å². The molecule has 0 aromatic heterocycles. The highest BCUT2D eigenvalue weighted by molar-refractivity contribution is 5.46. The van der Waals surface area contributed by atoms with Crippen molar-refractivity contribution in [2.45, 2.75) is 79.3 Å². The minimum Gasteiger partial charge on any atom is -0.363 e. The number of rotatable bonds is 12. The van der Waals surface area contributed by atoms with Crippen LogP contribution in [0.4, 0.5) is 0 Å². The highest BCUT2D eigenvalue weighted by Crippen LogP contribution is 2.42. The highest BCUT2D eigenvalue weighted by Gasteiger charge is 2.46. The molecule has 1 aliphatic carbocycles. The van der Waals surface area contributed by atoms with Crippen LogP contribution in [0.25, 0.3) is 0 Å². The lowest BCUT2D eigenvalue weighted by Crippen LogP contribution is -2.58. The van der Waals surface area contributed by atoms with Gasteiger partial charge in [0.2, 0.25) is 0 Å². The maximum Gasteiger partial charge on any atom is 0.0828 e. The largest absolute Gasteiger partial charge is 0.363 e. The van der Waals surface area contributed by atoms with Crippen LogP contribution in [-0.4, -0.2) is 29.7 Å². The summed E-state index contributed by atoms with van der Waals surface area (Å²) in [7, 11) is 2.17. The molecule has 0 bridgehead atoms. The summed E-state index contributed by atoms with van der Waals surface area (Å²) in [5.41, 5.74) is 5.88. The second-order valence-corrected chi connectivity index (χ2v) is 10.1. The van der Waals surface area contributed by atoms with Crippen molar-refractivity contribution in [2.75, 3.05) is 7.05 Å². The van der Waals surface area contributed by atoms with Gasteiger partial charge in [0.05, 0.1) is 11.1 Å². The standard InChI is InChI=1S/C31H47N3/c1-13-15-20-29(28-19-17-16-18-24(28)5)34(12)31(10,30(8,9)32-11)25(6)22-26(7)33-27(14-2)21-23(3)4/h13-16,18,20-23,33H,2,7,11,17,19H2,1,3-6,8-10,12H3/b15-13-,25-22+,27-21?,29-20-. The number of allylic oxidation sites excluding steroid dienone is 10. The summed E-state index contributed by atoms with van der Waals surface area (Å²) in [5.74, 6) is 0.416. The maximum absolute atomic E-state index is 4.60. The van der Waals surface area contributed by atoms with Gasteiger partial charge in [0.15, 0.2) is 0 Å². The Balaban J connectivity index is 3.63. The molecular formula is C31H47N3. The summed E-state index contributed by atoms with van der Waals surface area (Å²) in [6.45, 7) is 29.4. The highest BCUT2D eigenvalue weighted by atomic mass is 15.2. The van der Waals surface area contributed by atoms with Crippen molar-refractivity contribution in [3.8, 4) is 0 Å². The van der Waals surface area contributed by atoms with Crippen LogP contribution in [0.3, 0.4) is 0 Å². The quantitative estimate of drug-likeness (QED) is 0.235. The third-order valence-electron chi connectivity index (χ3n) is 6.98. The minimum atomic E-state index is -0.467. The molecular weight excluding hydrogens is 414 g/mol. The average Bonchev–Trinajstić information content (AvgIpc) is 2.78. The van der Waals surface area contributed by atoms with E-state index in [1.54, 1.807) is 0 Å². The van der Waals surface area contributed by atoms with Gasteiger partial charge in [-0.15, -0.1) is 0 Å². The van der Waals surface area contributed by atoms with Crippen molar-refractivity contribution in [2.24, 2.45) is 10.9 Å². The van der Waals surface area contributed by atoms with Crippen LogP contribution in [0.15, 0.2) is 101 Å². The topological polar surface area (TPSA) is 27.6 Å². The monoisotopic (exact) mass is 461 g/mol. The van der Waals surface area contributed by atoms with Crippen LogP contribution in [-0.2, 0) is 0 Å². The molecule has 0 spiro atoms. The molecule has 0 amide bonds. The fraction of sp³-hybridized carbons (Fsp3) is 0.452. The molecule has 1 atom stereocenters. The molecule has 1 aliphatic rings. The van der Waals surface area contributed by atoms with E-state index in [9.17, 15) is 0 Å². The molecule has 3 nitrogen and oxygen atoms in total. The van der Waals surface area contributed by atoms with Gasteiger partial charge < -0.3 is 10.2 Å². The summed E-state index contributed by atoms with van der Waals surface area (Å²) in [5, 5.41) is 3.41. The first-order valence-electron chi connectivity index (χ1n) is 12.3. The van der Waals surface area contributed by atoms with Gasteiger partial charge in [-0.2, -0.15) is 0 Å². The van der Waals surface area contributed by atoms with Crippen LogP contribution >= 0.6 is 0 Å². The van der Waals surface area contributed by atoms with Crippen LogP contribution in [0.5, 0.6) is 0 Å². The van der Waals surface area contributed by atoms with E-state index < -0.39 is 11.1 Å². The average molecular weight is 462 g/mol. The SMILES string of the molecule is C=CC(=CC(C)C)NC(=C)/C=C(\C)C(C)(N(C)/C(=C\C=C/C)C1=C(C)C=CCC1)C(C)(C)N=C. The van der Waals surface area contributed by atoms with Crippen LogP contribution in [0.2, 0.25) is 0 Å². The van der Waals surface area contributed by atoms with E-state index >= 15 is 0 Å².